The predicted molar refractivity (Wildman–Crippen MR) is 211 cm³/mol. The summed E-state index contributed by atoms with van der Waals surface area (Å²) < 4.78 is 62.7. The zero-order chi connectivity index (χ0) is 38.1. The molecule has 284 valence electrons. The van der Waals surface area contributed by atoms with Crippen LogP contribution in [0.4, 0.5) is 0 Å². The summed E-state index contributed by atoms with van der Waals surface area (Å²) in [6.45, 7) is 8.73. The van der Waals surface area contributed by atoms with Gasteiger partial charge in [-0.2, -0.15) is 8.61 Å². The van der Waals surface area contributed by atoms with E-state index in [1.807, 2.05) is 72.8 Å². The molecule has 4 aromatic rings. The van der Waals surface area contributed by atoms with Crippen molar-refractivity contribution in [2.24, 2.45) is 33.5 Å². The summed E-state index contributed by atoms with van der Waals surface area (Å²) >= 11 is 0. The molecule has 0 spiro atoms. The fourth-order valence-electron chi connectivity index (χ4n) is 11.7. The quantitative estimate of drug-likeness (QED) is 0.186. The average Bonchev–Trinajstić information content (AvgIpc) is 3.65. The largest absolute Gasteiger partial charge is 0.299 e. The van der Waals surface area contributed by atoms with Gasteiger partial charge in [0.1, 0.15) is 11.6 Å². The molecule has 12 rings (SSSR count). The highest BCUT2D eigenvalue weighted by Crippen LogP contribution is 2.65. The minimum absolute atomic E-state index is 0.0757. The van der Waals surface area contributed by atoms with Crippen LogP contribution in [0.2, 0.25) is 0 Å². The first-order chi connectivity index (χ1) is 25.5. The molecule has 0 amide bonds. The molecule has 4 fully saturated rings. The second-order valence-corrected chi connectivity index (χ2v) is 22.2. The fourth-order valence-corrected chi connectivity index (χ4v) is 16.0. The van der Waals surface area contributed by atoms with Crippen molar-refractivity contribution < 1.29 is 26.4 Å². The summed E-state index contributed by atoms with van der Waals surface area (Å²) in [5.41, 5.74) is 0.677. The molecule has 4 aromatic carbocycles. The zero-order valence-electron chi connectivity index (χ0n) is 31.7. The Bertz CT molecular complexity index is 2250. The monoisotopic (exact) mass is 766 g/mol. The van der Waals surface area contributed by atoms with Crippen LogP contribution in [-0.2, 0) is 55.8 Å². The smallest absolute Gasteiger partial charge is 0.215 e. The number of carbonyl (C=O) groups excluding carboxylic acids is 2. The molecule has 4 saturated carbocycles. The summed E-state index contributed by atoms with van der Waals surface area (Å²) in [4.78, 5) is 27.2. The van der Waals surface area contributed by atoms with E-state index >= 15 is 0 Å². The number of fused-ring (bicyclic) bond motifs is 4. The third-order valence-corrected chi connectivity index (χ3v) is 19.3. The van der Waals surface area contributed by atoms with Crippen LogP contribution in [0.1, 0.15) is 88.5 Å². The minimum atomic E-state index is -3.96. The Morgan fingerprint density at radius 1 is 0.537 bits per heavy atom. The van der Waals surface area contributed by atoms with Gasteiger partial charge in [0.2, 0.25) is 20.0 Å². The van der Waals surface area contributed by atoms with Crippen molar-refractivity contribution in [3.8, 4) is 0 Å². The van der Waals surface area contributed by atoms with Gasteiger partial charge in [0.25, 0.3) is 0 Å². The maximum absolute atomic E-state index is 14.9. The Balaban J connectivity index is 1.19. The van der Waals surface area contributed by atoms with Gasteiger partial charge in [-0.15, -0.1) is 0 Å². The van der Waals surface area contributed by atoms with Crippen molar-refractivity contribution in [1.29, 1.82) is 0 Å². The average molecular weight is 767 g/mol. The molecule has 4 aliphatic heterocycles. The third kappa shape index (κ3) is 5.11. The van der Waals surface area contributed by atoms with Crippen LogP contribution in [0.5, 0.6) is 0 Å². The lowest BCUT2D eigenvalue weighted by atomic mass is 9.70. The molecule has 4 unspecified atom stereocenters. The second kappa shape index (κ2) is 12.0. The number of hydrogen-bond donors (Lipinski definition) is 0. The number of benzene rings is 4. The van der Waals surface area contributed by atoms with E-state index < -0.39 is 41.7 Å². The Labute approximate surface area is 319 Å². The molecule has 0 saturated heterocycles. The van der Waals surface area contributed by atoms with E-state index in [9.17, 15) is 26.4 Å². The van der Waals surface area contributed by atoms with E-state index in [2.05, 4.69) is 27.7 Å². The van der Waals surface area contributed by atoms with Crippen molar-refractivity contribution in [2.75, 3.05) is 11.5 Å². The van der Waals surface area contributed by atoms with E-state index in [0.717, 1.165) is 56.6 Å². The maximum Gasteiger partial charge on any atom is 0.215 e. The molecule has 0 radical (unpaired) electrons. The first-order valence-electron chi connectivity index (χ1n) is 19.5. The van der Waals surface area contributed by atoms with Crippen LogP contribution in [0.15, 0.2) is 72.8 Å². The van der Waals surface area contributed by atoms with E-state index in [4.69, 9.17) is 0 Å². The molecular formula is C44H50N2O6S2. The number of nitrogens with zero attached hydrogens (tertiary/aromatic N) is 2. The maximum atomic E-state index is 14.9. The summed E-state index contributed by atoms with van der Waals surface area (Å²) in [6, 6.07) is 23.4. The molecule has 0 aromatic heterocycles. The van der Waals surface area contributed by atoms with Gasteiger partial charge in [-0.3, -0.25) is 9.59 Å². The van der Waals surface area contributed by atoms with Crippen LogP contribution < -0.4 is 0 Å². The third-order valence-electron chi connectivity index (χ3n) is 15.5. The number of ketones is 2. The Hall–Kier alpha value is -3.44. The van der Waals surface area contributed by atoms with Gasteiger partial charge in [0.05, 0.1) is 11.5 Å². The Kier molecular flexibility index (Phi) is 8.07. The van der Waals surface area contributed by atoms with Gasteiger partial charge in [0.15, 0.2) is 0 Å². The summed E-state index contributed by atoms with van der Waals surface area (Å²) in [5, 5.41) is 3.48. The molecular weight excluding hydrogens is 717 g/mol. The number of sulfonamides is 2. The molecule has 4 atom stereocenters. The van der Waals surface area contributed by atoms with Gasteiger partial charge in [-0.05, 0) is 92.1 Å². The standard InChI is InChI=1S/C44H50N2O6S2/c1-41(2)31-17-19-43(41,39(47)21-31)27-53(49,50)45-23-29-13-15-30(16-14-29)24-46(54(51,52)28-44-20-18-32(22-40(44)48)42(44,3)4)26-38-35-11-7-5-9-33(35)37(25-45)34-10-6-8-12-36(34)38/h5-16,31-32H,17-28H2,1-4H3. The van der Waals surface area contributed by atoms with Crippen molar-refractivity contribution >= 4 is 53.2 Å². The summed E-state index contributed by atoms with van der Waals surface area (Å²) in [5.74, 6) is 0.148. The summed E-state index contributed by atoms with van der Waals surface area (Å²) in [7, 11) is -7.92. The van der Waals surface area contributed by atoms with Crippen LogP contribution in [0.25, 0.3) is 21.5 Å². The highest BCUT2D eigenvalue weighted by atomic mass is 32.2. The molecule has 10 heteroatoms. The molecule has 4 heterocycles. The first kappa shape index (κ1) is 36.2. The van der Waals surface area contributed by atoms with Gasteiger partial charge in [0, 0.05) is 49.9 Å². The van der Waals surface area contributed by atoms with Crippen LogP contribution in [0.3, 0.4) is 0 Å². The normalized spacial score (nSPS) is 29.6. The van der Waals surface area contributed by atoms with Gasteiger partial charge in [-0.25, -0.2) is 16.8 Å². The van der Waals surface area contributed by atoms with Gasteiger partial charge < -0.3 is 0 Å². The van der Waals surface area contributed by atoms with Crippen LogP contribution >= 0.6 is 0 Å². The van der Waals surface area contributed by atoms with Gasteiger partial charge in [-0.1, -0.05) is 100 Å². The SMILES string of the molecule is CC1(C)C2CCC1(CS(=O)(=O)N1Cc3ccc(cc3)CN(S(=O)(=O)CC34CCC(CC3=O)C4(C)C)Cc3c4ccccc4c(c4ccccc34)C1)C(=O)C2. The van der Waals surface area contributed by atoms with Crippen molar-refractivity contribution in [1.82, 2.24) is 8.61 Å². The molecule has 0 N–H and O–H groups in total. The van der Waals surface area contributed by atoms with Gasteiger partial charge >= 0.3 is 0 Å². The van der Waals surface area contributed by atoms with Crippen LogP contribution in [-0.4, -0.2) is 48.5 Å². The second-order valence-electron chi connectivity index (χ2n) is 18.2. The van der Waals surface area contributed by atoms with E-state index in [-0.39, 0.29) is 61.1 Å². The van der Waals surface area contributed by atoms with Crippen molar-refractivity contribution in [3.63, 3.8) is 0 Å². The zero-order valence-corrected chi connectivity index (χ0v) is 33.4. The van der Waals surface area contributed by atoms with Crippen LogP contribution in [0, 0.1) is 33.5 Å². The number of carbonyl (C=O) groups is 2. The lowest BCUT2D eigenvalue weighted by Crippen LogP contribution is -2.46. The highest BCUT2D eigenvalue weighted by Gasteiger charge is 2.67. The lowest BCUT2D eigenvalue weighted by Gasteiger charge is -2.38. The molecule has 8 nitrogen and oxygen atoms in total. The first-order valence-corrected chi connectivity index (χ1v) is 22.7. The highest BCUT2D eigenvalue weighted by molar-refractivity contribution is 7.89. The topological polar surface area (TPSA) is 109 Å². The lowest BCUT2D eigenvalue weighted by molar-refractivity contribution is -0.128. The predicted octanol–water partition coefficient (Wildman–Crippen LogP) is 7.76. The van der Waals surface area contributed by atoms with E-state index in [1.165, 1.54) is 0 Å². The number of rotatable bonds is 6. The van der Waals surface area contributed by atoms with E-state index in [1.54, 1.807) is 8.61 Å². The fraction of sp³-hybridized carbons (Fsp3) is 0.500. The molecule has 8 aliphatic rings. The minimum Gasteiger partial charge on any atom is -0.299 e. The van der Waals surface area contributed by atoms with Crippen molar-refractivity contribution in [3.05, 3.63) is 95.1 Å². The Morgan fingerprint density at radius 2 is 0.870 bits per heavy atom. The molecule has 54 heavy (non-hydrogen) atoms. The Morgan fingerprint density at radius 3 is 1.15 bits per heavy atom. The molecule has 8 bridgehead atoms. The number of Topliss-reactive ketones (excluding diaryl/α,β-unsaturated/α-hetero) is 2. The number of hydrogen-bond acceptors (Lipinski definition) is 6. The van der Waals surface area contributed by atoms with Crippen molar-refractivity contribution in [2.45, 2.75) is 92.4 Å². The van der Waals surface area contributed by atoms with E-state index in [0.29, 0.717) is 25.7 Å². The molecule has 4 aliphatic carbocycles. The summed E-state index contributed by atoms with van der Waals surface area (Å²) in [6.07, 6.45) is 3.83.